The summed E-state index contributed by atoms with van der Waals surface area (Å²) in [5, 5.41) is 8.39. The second-order valence-electron chi connectivity index (χ2n) is 4.76. The molecule has 17 heavy (non-hydrogen) atoms. The molecule has 1 saturated heterocycles. The fraction of sp³-hybridized carbons (Fsp3) is 0.429. The van der Waals surface area contributed by atoms with Gasteiger partial charge < -0.3 is 15.6 Å². The Labute approximate surface area is 102 Å². The number of aromatic amines is 1. The zero-order chi connectivity index (χ0) is 11.5. The van der Waals surface area contributed by atoms with Crippen molar-refractivity contribution < 1.29 is 0 Å². The van der Waals surface area contributed by atoms with Crippen molar-refractivity contribution in [2.75, 3.05) is 13.1 Å². The van der Waals surface area contributed by atoms with E-state index in [2.05, 4.69) is 46.1 Å². The quantitative estimate of drug-likeness (QED) is 0.753. The normalized spacial score (nSPS) is 17.6. The van der Waals surface area contributed by atoms with Crippen LogP contribution in [0.5, 0.6) is 0 Å². The molecular weight excluding hydrogens is 210 g/mol. The van der Waals surface area contributed by atoms with Crippen LogP contribution in [0.2, 0.25) is 0 Å². The van der Waals surface area contributed by atoms with E-state index in [-0.39, 0.29) is 0 Å². The molecule has 0 bridgehead atoms. The van der Waals surface area contributed by atoms with Crippen molar-refractivity contribution in [1.82, 2.24) is 15.6 Å². The summed E-state index contributed by atoms with van der Waals surface area (Å²) in [5.41, 5.74) is 2.61. The molecule has 3 N–H and O–H groups in total. The lowest BCUT2D eigenvalue weighted by Gasteiger charge is -2.23. The van der Waals surface area contributed by atoms with E-state index in [1.54, 1.807) is 0 Å². The highest BCUT2D eigenvalue weighted by molar-refractivity contribution is 5.82. The zero-order valence-corrected chi connectivity index (χ0v) is 10.00. The minimum atomic E-state index is 0.671. The lowest BCUT2D eigenvalue weighted by molar-refractivity contribution is 0.387. The van der Waals surface area contributed by atoms with Gasteiger partial charge in [0.2, 0.25) is 0 Å². The molecule has 1 aliphatic rings. The van der Waals surface area contributed by atoms with Crippen LogP contribution in [-0.4, -0.2) is 24.1 Å². The molecule has 0 atom stereocenters. The van der Waals surface area contributed by atoms with Gasteiger partial charge in [-0.25, -0.2) is 0 Å². The second kappa shape index (κ2) is 4.90. The van der Waals surface area contributed by atoms with E-state index in [0.717, 1.165) is 19.6 Å². The molecule has 2 aromatic rings. The third kappa shape index (κ3) is 2.35. The van der Waals surface area contributed by atoms with Crippen LogP contribution in [-0.2, 0) is 6.54 Å². The van der Waals surface area contributed by atoms with Crippen LogP contribution in [0.3, 0.4) is 0 Å². The Morgan fingerprint density at radius 1 is 1.18 bits per heavy atom. The van der Waals surface area contributed by atoms with Gasteiger partial charge in [-0.1, -0.05) is 18.2 Å². The van der Waals surface area contributed by atoms with E-state index in [4.69, 9.17) is 0 Å². The number of H-pyrrole nitrogens is 1. The summed E-state index contributed by atoms with van der Waals surface area (Å²) in [5.74, 6) is 0. The first kappa shape index (κ1) is 10.8. The Kier molecular flexibility index (Phi) is 3.12. The number of rotatable bonds is 3. The summed E-state index contributed by atoms with van der Waals surface area (Å²) >= 11 is 0. The standard InChI is InChI=1S/C14H19N3/c1-2-4-14-13(3-1)11(10-17-14)9-16-12-5-7-15-8-6-12/h1-4,10,12,15-17H,5-9H2. The Morgan fingerprint density at radius 3 is 2.88 bits per heavy atom. The average Bonchev–Trinajstić information content (AvgIpc) is 2.81. The third-order valence-electron chi connectivity index (χ3n) is 3.60. The molecule has 3 rings (SSSR count). The van der Waals surface area contributed by atoms with Gasteiger partial charge in [0.15, 0.2) is 0 Å². The van der Waals surface area contributed by atoms with Crippen LogP contribution in [0.4, 0.5) is 0 Å². The molecule has 1 fully saturated rings. The third-order valence-corrected chi connectivity index (χ3v) is 3.60. The van der Waals surface area contributed by atoms with E-state index < -0.39 is 0 Å². The molecule has 90 valence electrons. The molecule has 2 heterocycles. The maximum atomic E-state index is 3.66. The summed E-state index contributed by atoms with van der Waals surface area (Å²) in [6.45, 7) is 3.26. The van der Waals surface area contributed by atoms with Crippen LogP contribution in [0.25, 0.3) is 10.9 Å². The molecule has 0 spiro atoms. The predicted octanol–water partition coefficient (Wildman–Crippen LogP) is 2.01. The minimum Gasteiger partial charge on any atom is -0.361 e. The summed E-state index contributed by atoms with van der Waals surface area (Å²) in [6.07, 6.45) is 4.60. The Balaban J connectivity index is 1.68. The number of fused-ring (bicyclic) bond motifs is 1. The van der Waals surface area contributed by atoms with E-state index in [9.17, 15) is 0 Å². The lowest BCUT2D eigenvalue weighted by atomic mass is 10.1. The SMILES string of the molecule is c1ccc2c(CNC3CCNCC3)c[nH]c2c1. The summed E-state index contributed by atoms with van der Waals surface area (Å²) in [7, 11) is 0. The van der Waals surface area contributed by atoms with Gasteiger partial charge in [0, 0.05) is 29.7 Å². The lowest BCUT2D eigenvalue weighted by Crippen LogP contribution is -2.39. The second-order valence-corrected chi connectivity index (χ2v) is 4.76. The number of piperidine rings is 1. The number of para-hydroxylation sites is 1. The maximum Gasteiger partial charge on any atom is 0.0457 e. The van der Waals surface area contributed by atoms with Crippen LogP contribution in [0.15, 0.2) is 30.5 Å². The number of benzene rings is 1. The number of hydrogen-bond acceptors (Lipinski definition) is 2. The predicted molar refractivity (Wildman–Crippen MR) is 71.0 cm³/mol. The molecule has 0 aliphatic carbocycles. The van der Waals surface area contributed by atoms with Crippen LogP contribution < -0.4 is 10.6 Å². The highest BCUT2D eigenvalue weighted by atomic mass is 15.0. The van der Waals surface area contributed by atoms with Crippen molar-refractivity contribution in [2.24, 2.45) is 0 Å². The van der Waals surface area contributed by atoms with Crippen molar-refractivity contribution in [3.8, 4) is 0 Å². The first-order chi connectivity index (χ1) is 8.43. The van der Waals surface area contributed by atoms with Gasteiger partial charge in [0.1, 0.15) is 0 Å². The molecule has 1 aliphatic heterocycles. The fourth-order valence-electron chi connectivity index (χ4n) is 2.56. The number of hydrogen-bond donors (Lipinski definition) is 3. The smallest absolute Gasteiger partial charge is 0.0457 e. The average molecular weight is 229 g/mol. The molecule has 1 aromatic heterocycles. The van der Waals surface area contributed by atoms with Gasteiger partial charge in [-0.05, 0) is 37.6 Å². The largest absolute Gasteiger partial charge is 0.361 e. The van der Waals surface area contributed by atoms with Gasteiger partial charge in [-0.2, -0.15) is 0 Å². The zero-order valence-electron chi connectivity index (χ0n) is 10.00. The van der Waals surface area contributed by atoms with Gasteiger partial charge in [-0.15, -0.1) is 0 Å². The topological polar surface area (TPSA) is 39.8 Å². The molecule has 3 nitrogen and oxygen atoms in total. The Bertz CT molecular complexity index is 483. The van der Waals surface area contributed by atoms with E-state index in [1.807, 2.05) is 0 Å². The van der Waals surface area contributed by atoms with E-state index in [0.29, 0.717) is 6.04 Å². The number of nitrogens with one attached hydrogen (secondary N) is 3. The van der Waals surface area contributed by atoms with Crippen molar-refractivity contribution in [2.45, 2.75) is 25.4 Å². The first-order valence-electron chi connectivity index (χ1n) is 6.42. The molecule has 0 saturated carbocycles. The highest BCUT2D eigenvalue weighted by Crippen LogP contribution is 2.17. The van der Waals surface area contributed by atoms with E-state index >= 15 is 0 Å². The Morgan fingerprint density at radius 2 is 2.00 bits per heavy atom. The van der Waals surface area contributed by atoms with Crippen molar-refractivity contribution in [3.63, 3.8) is 0 Å². The van der Waals surface area contributed by atoms with E-state index in [1.165, 1.54) is 29.3 Å². The van der Waals surface area contributed by atoms with Crippen molar-refractivity contribution >= 4 is 10.9 Å². The van der Waals surface area contributed by atoms with Crippen LogP contribution in [0, 0.1) is 0 Å². The van der Waals surface area contributed by atoms with Crippen LogP contribution >= 0.6 is 0 Å². The van der Waals surface area contributed by atoms with Gasteiger partial charge in [0.25, 0.3) is 0 Å². The van der Waals surface area contributed by atoms with Crippen molar-refractivity contribution in [1.29, 1.82) is 0 Å². The van der Waals surface area contributed by atoms with Crippen LogP contribution in [0.1, 0.15) is 18.4 Å². The van der Waals surface area contributed by atoms with Gasteiger partial charge in [0.05, 0.1) is 0 Å². The Hall–Kier alpha value is -1.32. The monoisotopic (exact) mass is 229 g/mol. The van der Waals surface area contributed by atoms with Gasteiger partial charge >= 0.3 is 0 Å². The summed E-state index contributed by atoms with van der Waals surface area (Å²) in [6, 6.07) is 9.16. The van der Waals surface area contributed by atoms with Crippen molar-refractivity contribution in [3.05, 3.63) is 36.0 Å². The fourth-order valence-corrected chi connectivity index (χ4v) is 2.56. The molecule has 0 unspecified atom stereocenters. The summed E-state index contributed by atoms with van der Waals surface area (Å²) < 4.78 is 0. The maximum absolute atomic E-state index is 3.66. The molecule has 0 amide bonds. The molecule has 0 radical (unpaired) electrons. The highest BCUT2D eigenvalue weighted by Gasteiger charge is 2.12. The molecule has 3 heteroatoms. The minimum absolute atomic E-state index is 0.671. The number of aromatic nitrogens is 1. The summed E-state index contributed by atoms with van der Waals surface area (Å²) in [4.78, 5) is 3.32. The molecular formula is C14H19N3. The molecule has 1 aromatic carbocycles. The first-order valence-corrected chi connectivity index (χ1v) is 6.42. The van der Waals surface area contributed by atoms with Gasteiger partial charge in [-0.3, -0.25) is 0 Å².